The lowest BCUT2D eigenvalue weighted by molar-refractivity contribution is 0.371. The standard InChI is InChI=1S/C15H20BrN3/c1-11(8-14-4-2-3-7-18-14)19-15-9-13(16)6-5-12(15)10-17/h5-6,9,11,14,18-19H,2-4,7-8H2,1H3. The number of benzene rings is 1. The largest absolute Gasteiger partial charge is 0.381 e. The average molecular weight is 322 g/mol. The Labute approximate surface area is 123 Å². The molecule has 1 aliphatic rings. The van der Waals surface area contributed by atoms with Gasteiger partial charge in [-0.15, -0.1) is 0 Å². The van der Waals surface area contributed by atoms with Crippen LogP contribution >= 0.6 is 15.9 Å². The highest BCUT2D eigenvalue weighted by atomic mass is 79.9. The number of hydrogen-bond acceptors (Lipinski definition) is 3. The van der Waals surface area contributed by atoms with E-state index in [4.69, 9.17) is 5.26 Å². The fourth-order valence-corrected chi connectivity index (χ4v) is 2.97. The molecular weight excluding hydrogens is 302 g/mol. The fraction of sp³-hybridized carbons (Fsp3) is 0.533. The van der Waals surface area contributed by atoms with Crippen molar-refractivity contribution in [2.24, 2.45) is 0 Å². The molecule has 0 aromatic heterocycles. The third-order valence-corrected chi connectivity index (χ3v) is 4.05. The summed E-state index contributed by atoms with van der Waals surface area (Å²) < 4.78 is 0.997. The Morgan fingerprint density at radius 1 is 1.53 bits per heavy atom. The lowest BCUT2D eigenvalue weighted by Crippen LogP contribution is -2.37. The van der Waals surface area contributed by atoms with Crippen LogP contribution in [-0.4, -0.2) is 18.6 Å². The van der Waals surface area contributed by atoms with E-state index in [1.807, 2.05) is 18.2 Å². The van der Waals surface area contributed by atoms with E-state index < -0.39 is 0 Å². The summed E-state index contributed by atoms with van der Waals surface area (Å²) in [6, 6.07) is 8.92. The van der Waals surface area contributed by atoms with Crippen molar-refractivity contribution in [3.05, 3.63) is 28.2 Å². The van der Waals surface area contributed by atoms with Crippen LogP contribution in [0.3, 0.4) is 0 Å². The lowest BCUT2D eigenvalue weighted by atomic mass is 9.98. The summed E-state index contributed by atoms with van der Waals surface area (Å²) in [5.41, 5.74) is 1.62. The van der Waals surface area contributed by atoms with Gasteiger partial charge in [-0.1, -0.05) is 22.4 Å². The first-order valence-electron chi connectivity index (χ1n) is 6.88. The van der Waals surface area contributed by atoms with E-state index in [-0.39, 0.29) is 0 Å². The normalized spacial score (nSPS) is 20.6. The summed E-state index contributed by atoms with van der Waals surface area (Å²) >= 11 is 3.45. The van der Waals surface area contributed by atoms with E-state index in [1.165, 1.54) is 19.3 Å². The molecule has 2 atom stereocenters. The molecule has 2 N–H and O–H groups in total. The second kappa shape index (κ2) is 6.93. The van der Waals surface area contributed by atoms with Crippen LogP contribution in [0.25, 0.3) is 0 Å². The van der Waals surface area contributed by atoms with Gasteiger partial charge in [0, 0.05) is 16.6 Å². The quantitative estimate of drug-likeness (QED) is 0.889. The maximum absolute atomic E-state index is 9.13. The molecule has 1 heterocycles. The van der Waals surface area contributed by atoms with Gasteiger partial charge in [0.25, 0.3) is 0 Å². The molecule has 0 spiro atoms. The minimum absolute atomic E-state index is 0.358. The maximum atomic E-state index is 9.13. The van der Waals surface area contributed by atoms with Gasteiger partial charge in [0.1, 0.15) is 6.07 Å². The van der Waals surface area contributed by atoms with Crippen molar-refractivity contribution >= 4 is 21.6 Å². The van der Waals surface area contributed by atoms with Crippen molar-refractivity contribution in [2.45, 2.75) is 44.7 Å². The highest BCUT2D eigenvalue weighted by molar-refractivity contribution is 9.10. The SMILES string of the molecule is CC(CC1CCCCN1)Nc1cc(Br)ccc1C#N. The van der Waals surface area contributed by atoms with Crippen LogP contribution in [0.5, 0.6) is 0 Å². The zero-order valence-electron chi connectivity index (χ0n) is 11.2. The number of rotatable bonds is 4. The van der Waals surface area contributed by atoms with E-state index in [2.05, 4.69) is 39.6 Å². The van der Waals surface area contributed by atoms with Crippen molar-refractivity contribution < 1.29 is 0 Å². The molecule has 2 rings (SSSR count). The molecule has 1 fully saturated rings. The molecule has 0 saturated carbocycles. The third kappa shape index (κ3) is 4.22. The van der Waals surface area contributed by atoms with Crippen molar-refractivity contribution in [3.63, 3.8) is 0 Å². The van der Waals surface area contributed by atoms with Gasteiger partial charge in [-0.2, -0.15) is 5.26 Å². The average Bonchev–Trinajstić information content (AvgIpc) is 2.40. The Balaban J connectivity index is 1.96. The van der Waals surface area contributed by atoms with Crippen LogP contribution in [0, 0.1) is 11.3 Å². The van der Waals surface area contributed by atoms with Gasteiger partial charge < -0.3 is 10.6 Å². The predicted molar refractivity (Wildman–Crippen MR) is 82.2 cm³/mol. The van der Waals surface area contributed by atoms with Gasteiger partial charge in [-0.25, -0.2) is 0 Å². The van der Waals surface area contributed by atoms with E-state index in [9.17, 15) is 0 Å². The topological polar surface area (TPSA) is 47.8 Å². The second-order valence-electron chi connectivity index (χ2n) is 5.23. The number of hydrogen-bond donors (Lipinski definition) is 2. The monoisotopic (exact) mass is 321 g/mol. The minimum atomic E-state index is 0.358. The van der Waals surface area contributed by atoms with Gasteiger partial charge in [0.15, 0.2) is 0 Å². The number of nitrogens with one attached hydrogen (secondary N) is 2. The predicted octanol–water partition coefficient (Wildman–Crippen LogP) is 3.65. The molecule has 3 nitrogen and oxygen atoms in total. The van der Waals surface area contributed by atoms with E-state index in [0.29, 0.717) is 17.6 Å². The van der Waals surface area contributed by atoms with Crippen molar-refractivity contribution in [3.8, 4) is 6.07 Å². The number of halogens is 1. The third-order valence-electron chi connectivity index (χ3n) is 3.55. The van der Waals surface area contributed by atoms with Gasteiger partial charge in [-0.05, 0) is 50.9 Å². The van der Waals surface area contributed by atoms with Gasteiger partial charge in [-0.3, -0.25) is 0 Å². The van der Waals surface area contributed by atoms with Crippen molar-refractivity contribution in [2.75, 3.05) is 11.9 Å². The molecule has 0 bridgehead atoms. The molecule has 2 unspecified atom stereocenters. The highest BCUT2D eigenvalue weighted by Crippen LogP contribution is 2.23. The van der Waals surface area contributed by atoms with Crippen LogP contribution in [0.4, 0.5) is 5.69 Å². The Bertz CT molecular complexity index is 461. The molecule has 0 amide bonds. The minimum Gasteiger partial charge on any atom is -0.381 e. The maximum Gasteiger partial charge on any atom is 0.101 e. The zero-order valence-corrected chi connectivity index (χ0v) is 12.8. The van der Waals surface area contributed by atoms with E-state index in [0.717, 1.165) is 23.1 Å². The zero-order chi connectivity index (χ0) is 13.7. The van der Waals surface area contributed by atoms with E-state index in [1.54, 1.807) is 0 Å². The molecule has 0 radical (unpaired) electrons. The van der Waals surface area contributed by atoms with Crippen LogP contribution in [0.2, 0.25) is 0 Å². The van der Waals surface area contributed by atoms with E-state index >= 15 is 0 Å². The first kappa shape index (κ1) is 14.4. The summed E-state index contributed by atoms with van der Waals surface area (Å²) in [6.45, 7) is 3.32. The molecule has 102 valence electrons. The first-order valence-corrected chi connectivity index (χ1v) is 7.68. The summed E-state index contributed by atoms with van der Waals surface area (Å²) in [7, 11) is 0. The van der Waals surface area contributed by atoms with Gasteiger partial charge >= 0.3 is 0 Å². The molecule has 0 aliphatic carbocycles. The summed E-state index contributed by atoms with van der Waals surface area (Å²) in [6.07, 6.45) is 4.97. The van der Waals surface area contributed by atoms with Crippen molar-refractivity contribution in [1.82, 2.24) is 5.32 Å². The smallest absolute Gasteiger partial charge is 0.101 e. The summed E-state index contributed by atoms with van der Waals surface area (Å²) in [5.74, 6) is 0. The molecule has 1 saturated heterocycles. The fourth-order valence-electron chi connectivity index (χ4n) is 2.61. The van der Waals surface area contributed by atoms with Gasteiger partial charge in [0.2, 0.25) is 0 Å². The lowest BCUT2D eigenvalue weighted by Gasteiger charge is -2.27. The molecule has 1 aromatic rings. The number of nitrogens with zero attached hydrogens (tertiary/aromatic N) is 1. The molecule has 19 heavy (non-hydrogen) atoms. The van der Waals surface area contributed by atoms with Crippen LogP contribution in [0.15, 0.2) is 22.7 Å². The van der Waals surface area contributed by atoms with Crippen LogP contribution < -0.4 is 10.6 Å². The van der Waals surface area contributed by atoms with Gasteiger partial charge in [0.05, 0.1) is 11.3 Å². The Kier molecular flexibility index (Phi) is 5.24. The molecule has 1 aromatic carbocycles. The molecular formula is C15H20BrN3. The van der Waals surface area contributed by atoms with Crippen LogP contribution in [-0.2, 0) is 0 Å². The van der Waals surface area contributed by atoms with Crippen LogP contribution in [0.1, 0.15) is 38.2 Å². The molecule has 4 heteroatoms. The summed E-state index contributed by atoms with van der Waals surface area (Å²) in [4.78, 5) is 0. The Morgan fingerprint density at radius 2 is 2.37 bits per heavy atom. The van der Waals surface area contributed by atoms with Crippen molar-refractivity contribution in [1.29, 1.82) is 5.26 Å². The number of nitriles is 1. The Hall–Kier alpha value is -1.05. The number of anilines is 1. The molecule has 1 aliphatic heterocycles. The highest BCUT2D eigenvalue weighted by Gasteiger charge is 2.16. The Morgan fingerprint density at radius 3 is 3.05 bits per heavy atom. The second-order valence-corrected chi connectivity index (χ2v) is 6.15. The number of piperidine rings is 1. The summed E-state index contributed by atoms with van der Waals surface area (Å²) in [5, 5.41) is 16.1. The first-order chi connectivity index (χ1) is 9.19.